The predicted octanol–water partition coefficient (Wildman–Crippen LogP) is 1.42. The number of Topliss-reactive ketones (excluding diaryl/α,β-unsaturated/α-hetero) is 1. The first-order chi connectivity index (χ1) is 17.7. The molecule has 10 nitrogen and oxygen atoms in total. The monoisotopic (exact) mass is 530 g/mol. The number of nitrogens with zero attached hydrogens (tertiary/aromatic N) is 1. The van der Waals surface area contributed by atoms with Gasteiger partial charge >= 0.3 is 0 Å². The van der Waals surface area contributed by atoms with Crippen LogP contribution in [0.4, 0.5) is 0 Å². The Morgan fingerprint density at radius 1 is 0.946 bits per heavy atom. The third-order valence-electron chi connectivity index (χ3n) is 6.28. The summed E-state index contributed by atoms with van der Waals surface area (Å²) in [7, 11) is 2.81. The van der Waals surface area contributed by atoms with Gasteiger partial charge in [0.15, 0.2) is 5.78 Å². The van der Waals surface area contributed by atoms with Crippen LogP contribution in [0.15, 0.2) is 36.5 Å². The number of nitrogens with one attached hydrogen (secondary N) is 3. The number of ketones is 1. The van der Waals surface area contributed by atoms with E-state index in [0.29, 0.717) is 11.3 Å². The molecule has 1 heterocycles. The molecule has 1 saturated carbocycles. The summed E-state index contributed by atoms with van der Waals surface area (Å²) in [5.41, 5.74) is 0.467. The van der Waals surface area contributed by atoms with Crippen LogP contribution < -0.4 is 16.0 Å². The van der Waals surface area contributed by atoms with Crippen LogP contribution in [0.3, 0.4) is 0 Å². The minimum absolute atomic E-state index is 0.0310. The number of rotatable bonds is 14. The highest BCUT2D eigenvalue weighted by Gasteiger charge is 2.48. The summed E-state index contributed by atoms with van der Waals surface area (Å²) in [6.45, 7) is 3.44. The molecule has 11 heteroatoms. The summed E-state index contributed by atoms with van der Waals surface area (Å²) < 4.78 is 10.3. The lowest BCUT2D eigenvalue weighted by Gasteiger charge is -2.26. The number of amides is 3. The average Bonchev–Trinajstić information content (AvgIpc) is 3.48. The summed E-state index contributed by atoms with van der Waals surface area (Å²) in [4.78, 5) is 56.5. The number of carbonyl (C=O) groups is 4. The topological polar surface area (TPSA) is 136 Å². The van der Waals surface area contributed by atoms with Crippen molar-refractivity contribution in [3.8, 4) is 0 Å². The molecule has 0 unspecified atom stereocenters. The number of hydrogen-bond donors (Lipinski definition) is 3. The lowest BCUT2D eigenvalue weighted by Crippen LogP contribution is -2.58. The minimum Gasteiger partial charge on any atom is -0.382 e. The van der Waals surface area contributed by atoms with Gasteiger partial charge in [0.05, 0.1) is 30.5 Å². The van der Waals surface area contributed by atoms with Gasteiger partial charge in [-0.2, -0.15) is 0 Å². The molecule has 1 aromatic carbocycles. The molecule has 1 aromatic heterocycles. The van der Waals surface area contributed by atoms with Crippen LogP contribution in [0.1, 0.15) is 40.0 Å². The number of aromatic nitrogens is 1. The van der Waals surface area contributed by atoms with Crippen LogP contribution in [0.5, 0.6) is 0 Å². The van der Waals surface area contributed by atoms with E-state index in [4.69, 9.17) is 9.47 Å². The molecule has 1 aliphatic rings. The Morgan fingerprint density at radius 3 is 2.03 bits per heavy atom. The lowest BCUT2D eigenvalue weighted by molar-refractivity contribution is -0.134. The predicted molar refractivity (Wildman–Crippen MR) is 138 cm³/mol. The zero-order valence-electron chi connectivity index (χ0n) is 21.5. The molecule has 37 heavy (non-hydrogen) atoms. The molecule has 3 atom stereocenters. The van der Waals surface area contributed by atoms with Crippen LogP contribution in [0.2, 0.25) is 0 Å². The first-order valence-electron chi connectivity index (χ1n) is 12.1. The number of methoxy groups -OCH3 is 2. The van der Waals surface area contributed by atoms with Crippen molar-refractivity contribution >= 4 is 34.8 Å². The summed E-state index contributed by atoms with van der Waals surface area (Å²) >= 11 is 1.20. The van der Waals surface area contributed by atoms with E-state index < -0.39 is 41.3 Å². The smallest absolute Gasteiger partial charge is 0.263 e. The molecule has 3 amide bonds. The first kappa shape index (κ1) is 28.4. The van der Waals surface area contributed by atoms with E-state index in [9.17, 15) is 19.2 Å². The molecule has 1 fully saturated rings. The van der Waals surface area contributed by atoms with Gasteiger partial charge in [0, 0.05) is 19.6 Å². The van der Waals surface area contributed by atoms with E-state index in [1.807, 2.05) is 37.3 Å². The Hall–Kier alpha value is -3.15. The van der Waals surface area contributed by atoms with Gasteiger partial charge in [-0.3, -0.25) is 19.2 Å². The number of benzene rings is 1. The second-order valence-electron chi connectivity index (χ2n) is 9.42. The normalized spacial score (nSPS) is 16.2. The van der Waals surface area contributed by atoms with Crippen LogP contribution in [-0.2, 0) is 30.3 Å². The van der Waals surface area contributed by atoms with Gasteiger partial charge in [-0.25, -0.2) is 4.98 Å². The zero-order chi connectivity index (χ0) is 27.0. The SMILES string of the molecule is COC[C@H](NC(=O)c1cnc(C)s1)C(=O)N[C@H](COC)C(=O)N[C@@H](Cc1ccccc1)C(=O)C1(C)CC1. The summed E-state index contributed by atoms with van der Waals surface area (Å²) in [6.07, 6.45) is 3.33. The molecule has 0 radical (unpaired) electrons. The molecule has 2 aromatic rings. The second-order valence-corrected chi connectivity index (χ2v) is 10.7. The van der Waals surface area contributed by atoms with Crippen LogP contribution >= 0.6 is 11.3 Å². The highest BCUT2D eigenvalue weighted by Crippen LogP contribution is 2.46. The van der Waals surface area contributed by atoms with Gasteiger partial charge in [-0.1, -0.05) is 37.3 Å². The van der Waals surface area contributed by atoms with Gasteiger partial charge < -0.3 is 25.4 Å². The largest absolute Gasteiger partial charge is 0.382 e. The molecule has 3 N–H and O–H groups in total. The van der Waals surface area contributed by atoms with Gasteiger partial charge in [0.1, 0.15) is 17.0 Å². The Morgan fingerprint density at radius 2 is 1.51 bits per heavy atom. The van der Waals surface area contributed by atoms with Crippen molar-refractivity contribution in [2.75, 3.05) is 27.4 Å². The highest BCUT2D eigenvalue weighted by atomic mass is 32.1. The van der Waals surface area contributed by atoms with Crippen LogP contribution in [-0.4, -0.2) is 74.0 Å². The number of ether oxygens (including phenoxy) is 2. The molecule has 200 valence electrons. The van der Waals surface area contributed by atoms with E-state index in [1.54, 1.807) is 6.92 Å². The summed E-state index contributed by atoms with van der Waals surface area (Å²) in [5.74, 6) is -1.67. The zero-order valence-corrected chi connectivity index (χ0v) is 22.4. The maximum atomic E-state index is 13.3. The molecule has 3 rings (SSSR count). The van der Waals surface area contributed by atoms with E-state index in [2.05, 4.69) is 20.9 Å². The molecule has 0 saturated heterocycles. The minimum atomic E-state index is -1.09. The van der Waals surface area contributed by atoms with Gasteiger partial charge in [-0.15, -0.1) is 11.3 Å². The highest BCUT2D eigenvalue weighted by molar-refractivity contribution is 7.13. The van der Waals surface area contributed by atoms with Crippen molar-refractivity contribution in [2.45, 2.75) is 51.2 Å². The Kier molecular flexibility index (Phi) is 9.90. The van der Waals surface area contributed by atoms with Crippen molar-refractivity contribution in [3.63, 3.8) is 0 Å². The summed E-state index contributed by atoms with van der Waals surface area (Å²) in [5, 5.41) is 8.81. The standard InChI is InChI=1S/C26H34N4O6S/c1-16-27-13-21(37-16)25(34)30-20(15-36-4)24(33)29-19(14-35-3)23(32)28-18(22(31)26(2)10-11-26)12-17-8-6-5-7-9-17/h5-9,13,18-20H,10-12,14-15H2,1-4H3,(H,28,32)(H,29,33)(H,30,34)/t18-,19+,20-/m0/s1. The van der Waals surface area contributed by atoms with Crippen molar-refractivity contribution in [2.24, 2.45) is 5.41 Å². The van der Waals surface area contributed by atoms with Gasteiger partial charge in [0.25, 0.3) is 5.91 Å². The fourth-order valence-electron chi connectivity index (χ4n) is 3.85. The third-order valence-corrected chi connectivity index (χ3v) is 7.19. The molecule has 0 aliphatic heterocycles. The average molecular weight is 531 g/mol. The van der Waals surface area contributed by atoms with Crippen LogP contribution in [0.25, 0.3) is 0 Å². The van der Waals surface area contributed by atoms with Crippen molar-refractivity contribution in [3.05, 3.63) is 52.0 Å². The molecule has 0 spiro atoms. The fraction of sp³-hybridized carbons (Fsp3) is 0.500. The third kappa shape index (κ3) is 7.91. The Labute approximate surface area is 220 Å². The van der Waals surface area contributed by atoms with E-state index in [1.165, 1.54) is 31.8 Å². The van der Waals surface area contributed by atoms with Gasteiger partial charge in [-0.05, 0) is 31.7 Å². The maximum absolute atomic E-state index is 13.3. The lowest BCUT2D eigenvalue weighted by atomic mass is 9.92. The molecular weight excluding hydrogens is 496 g/mol. The second kappa shape index (κ2) is 12.9. The summed E-state index contributed by atoms with van der Waals surface area (Å²) in [6, 6.07) is 6.56. The van der Waals surface area contributed by atoms with Crippen molar-refractivity contribution in [1.82, 2.24) is 20.9 Å². The number of thiazole rings is 1. The van der Waals surface area contributed by atoms with E-state index in [-0.39, 0.29) is 19.0 Å². The van der Waals surface area contributed by atoms with Crippen molar-refractivity contribution in [1.29, 1.82) is 0 Å². The Balaban J connectivity index is 1.70. The number of carbonyl (C=O) groups excluding carboxylic acids is 4. The van der Waals surface area contributed by atoms with E-state index in [0.717, 1.165) is 23.4 Å². The quantitative estimate of drug-likeness (QED) is 0.336. The number of aryl methyl sites for hydroxylation is 1. The van der Waals surface area contributed by atoms with E-state index >= 15 is 0 Å². The maximum Gasteiger partial charge on any atom is 0.263 e. The van der Waals surface area contributed by atoms with Gasteiger partial charge in [0.2, 0.25) is 11.8 Å². The first-order valence-corrected chi connectivity index (χ1v) is 12.9. The Bertz CT molecular complexity index is 1100. The molecule has 1 aliphatic carbocycles. The number of hydrogen-bond acceptors (Lipinski definition) is 8. The van der Waals surface area contributed by atoms with Crippen LogP contribution in [0, 0.1) is 12.3 Å². The molecule has 0 bridgehead atoms. The fourth-order valence-corrected chi connectivity index (χ4v) is 4.53. The van der Waals surface area contributed by atoms with Crippen molar-refractivity contribution < 1.29 is 28.7 Å². The molecular formula is C26H34N4O6S.